The summed E-state index contributed by atoms with van der Waals surface area (Å²) in [7, 11) is 0. The molecular formula is C13H20N4OS. The summed E-state index contributed by atoms with van der Waals surface area (Å²) in [5.74, 6) is 1.01. The van der Waals surface area contributed by atoms with Crippen molar-refractivity contribution in [2.24, 2.45) is 5.92 Å². The second-order valence-electron chi connectivity index (χ2n) is 5.77. The van der Waals surface area contributed by atoms with E-state index in [0.717, 1.165) is 36.6 Å². The number of likely N-dealkylation sites (tertiary alicyclic amines) is 1. The lowest BCUT2D eigenvalue weighted by Crippen LogP contribution is -2.48. The van der Waals surface area contributed by atoms with E-state index in [1.54, 1.807) is 0 Å². The SMILES string of the molecule is CC(C)c1nnsc1C(=O)N1CCCC2CNCC21. The summed E-state index contributed by atoms with van der Waals surface area (Å²) < 4.78 is 3.97. The van der Waals surface area contributed by atoms with Crippen molar-refractivity contribution < 1.29 is 4.79 Å². The van der Waals surface area contributed by atoms with Crippen LogP contribution in [-0.4, -0.2) is 46.1 Å². The van der Waals surface area contributed by atoms with Crippen LogP contribution in [0, 0.1) is 5.92 Å². The second-order valence-corrected chi connectivity index (χ2v) is 6.52. The van der Waals surface area contributed by atoms with Crippen molar-refractivity contribution in [2.75, 3.05) is 19.6 Å². The van der Waals surface area contributed by atoms with Gasteiger partial charge in [-0.25, -0.2) is 0 Å². The number of carbonyl (C=O) groups excluding carboxylic acids is 1. The molecule has 2 unspecified atom stereocenters. The number of nitrogens with zero attached hydrogens (tertiary/aromatic N) is 3. The quantitative estimate of drug-likeness (QED) is 0.891. The average Bonchev–Trinajstić information content (AvgIpc) is 3.05. The summed E-state index contributed by atoms with van der Waals surface area (Å²) in [6, 6.07) is 0.364. The summed E-state index contributed by atoms with van der Waals surface area (Å²) in [6.45, 7) is 6.97. The largest absolute Gasteiger partial charge is 0.333 e. The standard InChI is InChI=1S/C13H20N4OS/c1-8(2)11-12(19-16-15-11)13(18)17-5-3-4-9-6-14-7-10(9)17/h8-10,14H,3-7H2,1-2H3. The molecular weight excluding hydrogens is 260 g/mol. The number of carbonyl (C=O) groups is 1. The van der Waals surface area contributed by atoms with Gasteiger partial charge in [0, 0.05) is 25.7 Å². The lowest BCUT2D eigenvalue weighted by molar-refractivity contribution is 0.0578. The minimum absolute atomic E-state index is 0.136. The number of amides is 1. The van der Waals surface area contributed by atoms with E-state index in [1.807, 2.05) is 0 Å². The van der Waals surface area contributed by atoms with Crippen LogP contribution >= 0.6 is 11.5 Å². The van der Waals surface area contributed by atoms with Gasteiger partial charge in [0.25, 0.3) is 5.91 Å². The minimum Gasteiger partial charge on any atom is -0.333 e. The maximum Gasteiger partial charge on any atom is 0.267 e. The predicted octanol–water partition coefficient (Wildman–Crippen LogP) is 1.49. The van der Waals surface area contributed by atoms with Gasteiger partial charge in [-0.1, -0.05) is 18.3 Å². The highest BCUT2D eigenvalue weighted by atomic mass is 32.1. The van der Waals surface area contributed by atoms with Crippen LogP contribution in [0.5, 0.6) is 0 Å². The molecule has 0 saturated carbocycles. The van der Waals surface area contributed by atoms with E-state index in [1.165, 1.54) is 18.0 Å². The molecule has 19 heavy (non-hydrogen) atoms. The normalized spacial score (nSPS) is 26.8. The van der Waals surface area contributed by atoms with Gasteiger partial charge in [-0.2, -0.15) is 0 Å². The van der Waals surface area contributed by atoms with E-state index in [2.05, 4.69) is 33.7 Å². The number of fused-ring (bicyclic) bond motifs is 1. The Kier molecular flexibility index (Phi) is 3.54. The third-order valence-electron chi connectivity index (χ3n) is 4.19. The number of rotatable bonds is 2. The molecule has 2 aliphatic heterocycles. The maximum absolute atomic E-state index is 12.8. The average molecular weight is 280 g/mol. The van der Waals surface area contributed by atoms with Gasteiger partial charge in [-0.05, 0) is 36.2 Å². The van der Waals surface area contributed by atoms with Crippen LogP contribution in [0.25, 0.3) is 0 Å². The summed E-state index contributed by atoms with van der Waals surface area (Å²) in [4.78, 5) is 15.5. The smallest absolute Gasteiger partial charge is 0.267 e. The van der Waals surface area contributed by atoms with Gasteiger partial charge in [0.15, 0.2) is 0 Å². The van der Waals surface area contributed by atoms with Gasteiger partial charge in [-0.15, -0.1) is 5.10 Å². The molecule has 2 atom stereocenters. The van der Waals surface area contributed by atoms with E-state index in [4.69, 9.17) is 0 Å². The number of hydrogen-bond acceptors (Lipinski definition) is 5. The first-order chi connectivity index (χ1) is 9.18. The molecule has 0 aliphatic carbocycles. The lowest BCUT2D eigenvalue weighted by Gasteiger charge is -2.36. The molecule has 2 aliphatic rings. The molecule has 0 radical (unpaired) electrons. The second kappa shape index (κ2) is 5.17. The van der Waals surface area contributed by atoms with Crippen molar-refractivity contribution in [2.45, 2.75) is 38.6 Å². The molecule has 0 aromatic carbocycles. The Hall–Kier alpha value is -1.01. The van der Waals surface area contributed by atoms with Gasteiger partial charge >= 0.3 is 0 Å². The fraction of sp³-hybridized carbons (Fsp3) is 0.769. The Balaban J connectivity index is 1.84. The van der Waals surface area contributed by atoms with Crippen LogP contribution < -0.4 is 5.32 Å². The zero-order valence-corrected chi connectivity index (χ0v) is 12.2. The van der Waals surface area contributed by atoms with Gasteiger partial charge in [0.1, 0.15) is 4.88 Å². The van der Waals surface area contributed by atoms with E-state index in [0.29, 0.717) is 12.0 Å². The number of hydrogen-bond donors (Lipinski definition) is 1. The van der Waals surface area contributed by atoms with Gasteiger partial charge < -0.3 is 10.2 Å². The van der Waals surface area contributed by atoms with E-state index in [-0.39, 0.29) is 11.8 Å². The van der Waals surface area contributed by atoms with Gasteiger partial charge in [0.05, 0.1) is 5.69 Å². The third-order valence-corrected chi connectivity index (χ3v) is 4.92. The van der Waals surface area contributed by atoms with Crippen LogP contribution in [-0.2, 0) is 0 Å². The van der Waals surface area contributed by atoms with Crippen molar-refractivity contribution in [3.05, 3.63) is 10.6 Å². The molecule has 2 fully saturated rings. The number of piperidine rings is 1. The fourth-order valence-corrected chi connectivity index (χ4v) is 3.95. The fourth-order valence-electron chi connectivity index (χ4n) is 3.17. The molecule has 3 heterocycles. The molecule has 1 N–H and O–H groups in total. The zero-order chi connectivity index (χ0) is 13.4. The highest BCUT2D eigenvalue weighted by molar-refractivity contribution is 7.08. The topological polar surface area (TPSA) is 58.1 Å². The Morgan fingerprint density at radius 3 is 3.11 bits per heavy atom. The van der Waals surface area contributed by atoms with E-state index < -0.39 is 0 Å². The van der Waals surface area contributed by atoms with Crippen molar-refractivity contribution in [1.29, 1.82) is 0 Å². The van der Waals surface area contributed by atoms with Crippen molar-refractivity contribution in [3.8, 4) is 0 Å². The highest BCUT2D eigenvalue weighted by Crippen LogP contribution is 2.30. The van der Waals surface area contributed by atoms with E-state index >= 15 is 0 Å². The highest BCUT2D eigenvalue weighted by Gasteiger charge is 2.38. The first-order valence-corrected chi connectivity index (χ1v) is 7.79. The third kappa shape index (κ3) is 2.27. The van der Waals surface area contributed by atoms with Gasteiger partial charge in [-0.3, -0.25) is 4.79 Å². The van der Waals surface area contributed by atoms with Crippen LogP contribution in [0.3, 0.4) is 0 Å². The molecule has 0 spiro atoms. The van der Waals surface area contributed by atoms with Crippen LogP contribution in [0.2, 0.25) is 0 Å². The molecule has 2 saturated heterocycles. The Morgan fingerprint density at radius 2 is 2.32 bits per heavy atom. The molecule has 1 amide bonds. The number of aromatic nitrogens is 2. The summed E-state index contributed by atoms with van der Waals surface area (Å²) in [5, 5.41) is 7.53. The van der Waals surface area contributed by atoms with Crippen LogP contribution in [0.1, 0.15) is 48.0 Å². The molecule has 1 aromatic heterocycles. The van der Waals surface area contributed by atoms with Crippen molar-refractivity contribution in [1.82, 2.24) is 19.8 Å². The van der Waals surface area contributed by atoms with Gasteiger partial charge in [0.2, 0.25) is 0 Å². The van der Waals surface area contributed by atoms with Crippen LogP contribution in [0.15, 0.2) is 0 Å². The summed E-state index contributed by atoms with van der Waals surface area (Å²) >= 11 is 1.24. The molecule has 6 heteroatoms. The van der Waals surface area contributed by atoms with Crippen molar-refractivity contribution in [3.63, 3.8) is 0 Å². The maximum atomic E-state index is 12.8. The molecule has 104 valence electrons. The monoisotopic (exact) mass is 280 g/mol. The Morgan fingerprint density at radius 1 is 1.47 bits per heavy atom. The molecule has 5 nitrogen and oxygen atoms in total. The molecule has 1 aromatic rings. The molecule has 0 bridgehead atoms. The first kappa shape index (κ1) is 13.0. The molecule has 3 rings (SSSR count). The Labute approximate surface area is 117 Å². The lowest BCUT2D eigenvalue weighted by atomic mass is 9.92. The summed E-state index contributed by atoms with van der Waals surface area (Å²) in [5.41, 5.74) is 0.850. The predicted molar refractivity (Wildman–Crippen MR) is 74.4 cm³/mol. The van der Waals surface area contributed by atoms with Crippen LogP contribution in [0.4, 0.5) is 0 Å². The first-order valence-electron chi connectivity index (χ1n) is 7.02. The minimum atomic E-state index is 0.136. The zero-order valence-electron chi connectivity index (χ0n) is 11.4. The Bertz CT molecular complexity index is 473. The van der Waals surface area contributed by atoms with Crippen molar-refractivity contribution >= 4 is 17.4 Å². The number of nitrogens with one attached hydrogen (secondary N) is 1. The summed E-state index contributed by atoms with van der Waals surface area (Å²) in [6.07, 6.45) is 2.34. The van der Waals surface area contributed by atoms with E-state index in [9.17, 15) is 4.79 Å².